The van der Waals surface area contributed by atoms with Gasteiger partial charge in [-0.05, 0) is 104 Å². The molecule has 0 spiro atoms. The average molecular weight is 631 g/mol. The molecule has 0 fully saturated rings. The fourth-order valence-electron chi connectivity index (χ4n) is 6.26. The lowest BCUT2D eigenvalue weighted by atomic mass is 9.86. The number of benzene rings is 6. The lowest BCUT2D eigenvalue weighted by Crippen LogP contribution is -2.15. The Bertz CT molecular complexity index is 1950. The van der Waals surface area contributed by atoms with Gasteiger partial charge in [0.2, 0.25) is 0 Å². The summed E-state index contributed by atoms with van der Waals surface area (Å²) in [7, 11) is 0. The predicted octanol–water partition coefficient (Wildman–Crippen LogP) is 13.6. The van der Waals surface area contributed by atoms with Crippen LogP contribution in [0.3, 0.4) is 0 Å². The maximum absolute atomic E-state index is 3.72. The van der Waals surface area contributed by atoms with Crippen LogP contribution in [0.5, 0.6) is 0 Å². The van der Waals surface area contributed by atoms with Gasteiger partial charge in [0.15, 0.2) is 0 Å². The molecule has 0 saturated carbocycles. The Kier molecular flexibility index (Phi) is 8.73. The number of fused-ring (bicyclic) bond motifs is 1. The van der Waals surface area contributed by atoms with E-state index in [-0.39, 0.29) is 16.2 Å². The van der Waals surface area contributed by atoms with E-state index >= 15 is 0 Å². The molecule has 0 aliphatic rings. The Morgan fingerprint density at radius 2 is 0.875 bits per heavy atom. The number of nitrogens with one attached hydrogen (secondary N) is 1. The molecule has 244 valence electrons. The molecule has 2 nitrogen and oxygen atoms in total. The number of nitrogens with zero attached hydrogens (tertiary/aromatic N) is 1. The van der Waals surface area contributed by atoms with Gasteiger partial charge in [-0.2, -0.15) is 0 Å². The summed E-state index contributed by atoms with van der Waals surface area (Å²) in [6.45, 7) is 20.4. The van der Waals surface area contributed by atoms with Crippen LogP contribution in [0.2, 0.25) is 0 Å². The fraction of sp³-hybridized carbons (Fsp3) is 0.261. The minimum absolute atomic E-state index is 0.0698. The molecule has 2 heteroatoms. The summed E-state index contributed by atoms with van der Waals surface area (Å²) in [6.07, 6.45) is 0. The highest BCUT2D eigenvalue weighted by Gasteiger charge is 2.22. The Morgan fingerprint density at radius 3 is 1.38 bits per heavy atom. The van der Waals surface area contributed by atoms with Crippen LogP contribution in [0.4, 0.5) is 28.4 Å². The number of hydrogen-bond donors (Lipinski definition) is 1. The smallest absolute Gasteiger partial charge is 0.0560 e. The first-order valence-corrected chi connectivity index (χ1v) is 17.2. The van der Waals surface area contributed by atoms with Crippen LogP contribution in [0.15, 0.2) is 133 Å². The van der Waals surface area contributed by atoms with Crippen LogP contribution in [0.1, 0.15) is 79.0 Å². The molecule has 0 atom stereocenters. The van der Waals surface area contributed by atoms with Crippen LogP contribution in [-0.2, 0) is 16.2 Å². The van der Waals surface area contributed by atoms with E-state index in [2.05, 4.69) is 206 Å². The van der Waals surface area contributed by atoms with Crippen molar-refractivity contribution in [2.24, 2.45) is 0 Å². The van der Waals surface area contributed by atoms with Gasteiger partial charge in [0.05, 0.1) is 5.69 Å². The zero-order chi connectivity index (χ0) is 34.3. The normalized spacial score (nSPS) is 12.3. The van der Waals surface area contributed by atoms with E-state index in [0.29, 0.717) is 0 Å². The molecule has 0 bridgehead atoms. The van der Waals surface area contributed by atoms with Crippen molar-refractivity contribution in [1.29, 1.82) is 0 Å². The predicted molar refractivity (Wildman–Crippen MR) is 210 cm³/mol. The second-order valence-corrected chi connectivity index (χ2v) is 16.2. The third kappa shape index (κ3) is 7.19. The van der Waals surface area contributed by atoms with Gasteiger partial charge >= 0.3 is 0 Å². The summed E-state index contributed by atoms with van der Waals surface area (Å²) < 4.78 is 0. The number of hydrogen-bond acceptors (Lipinski definition) is 2. The summed E-state index contributed by atoms with van der Waals surface area (Å²) in [5, 5.41) is 6.20. The van der Waals surface area contributed by atoms with E-state index in [0.717, 1.165) is 28.4 Å². The summed E-state index contributed by atoms with van der Waals surface area (Å²) in [5.74, 6) is 0. The lowest BCUT2D eigenvalue weighted by Gasteiger charge is -2.30. The van der Waals surface area contributed by atoms with Crippen LogP contribution < -0.4 is 10.2 Å². The third-order valence-corrected chi connectivity index (χ3v) is 9.32. The van der Waals surface area contributed by atoms with Crippen molar-refractivity contribution in [1.82, 2.24) is 0 Å². The van der Waals surface area contributed by atoms with Gasteiger partial charge in [-0.25, -0.2) is 0 Å². The molecule has 48 heavy (non-hydrogen) atoms. The maximum atomic E-state index is 3.72. The molecule has 0 unspecified atom stereocenters. The van der Waals surface area contributed by atoms with Crippen molar-refractivity contribution in [2.75, 3.05) is 10.2 Å². The largest absolute Gasteiger partial charge is 0.355 e. The van der Waals surface area contributed by atoms with E-state index in [1.807, 2.05) is 0 Å². The Morgan fingerprint density at radius 1 is 0.417 bits per heavy atom. The Labute approximate surface area is 288 Å². The van der Waals surface area contributed by atoms with Gasteiger partial charge in [-0.15, -0.1) is 0 Å². The van der Waals surface area contributed by atoms with Crippen molar-refractivity contribution in [3.63, 3.8) is 0 Å². The summed E-state index contributed by atoms with van der Waals surface area (Å²) >= 11 is 0. The van der Waals surface area contributed by atoms with Gasteiger partial charge < -0.3 is 10.2 Å². The van der Waals surface area contributed by atoms with Crippen molar-refractivity contribution >= 4 is 39.2 Å². The van der Waals surface area contributed by atoms with Gasteiger partial charge in [0.1, 0.15) is 0 Å². The Balaban J connectivity index is 1.54. The molecule has 0 aliphatic heterocycles. The van der Waals surface area contributed by atoms with E-state index < -0.39 is 0 Å². The molecule has 1 N–H and O–H groups in total. The highest BCUT2D eigenvalue weighted by molar-refractivity contribution is 5.94. The van der Waals surface area contributed by atoms with Crippen LogP contribution >= 0.6 is 0 Å². The Hall–Kier alpha value is -4.82. The minimum Gasteiger partial charge on any atom is -0.355 e. The molecule has 6 rings (SSSR count). The molecule has 6 aromatic carbocycles. The standard InChI is InChI=1S/C46H50N2/c1-44(2,3)35-16-22-38(23-17-35)47-39-24-29-42(34-15-14-32-12-10-11-13-33(32)30-34)43(31-39)48(40-25-18-36(19-26-40)45(4,5)6)41-27-20-37(21-28-41)46(7,8)9/h10-31,47H,1-9H3. The maximum Gasteiger partial charge on any atom is 0.0560 e. The van der Waals surface area contributed by atoms with Crippen molar-refractivity contribution in [3.05, 3.63) is 150 Å². The minimum atomic E-state index is 0.0698. The lowest BCUT2D eigenvalue weighted by molar-refractivity contribution is 0.590. The second-order valence-electron chi connectivity index (χ2n) is 16.2. The first-order valence-electron chi connectivity index (χ1n) is 17.2. The molecule has 0 saturated heterocycles. The van der Waals surface area contributed by atoms with E-state index in [4.69, 9.17) is 0 Å². The van der Waals surface area contributed by atoms with Crippen molar-refractivity contribution < 1.29 is 0 Å². The highest BCUT2D eigenvalue weighted by atomic mass is 15.1. The molecule has 0 radical (unpaired) electrons. The number of rotatable bonds is 6. The van der Waals surface area contributed by atoms with Crippen molar-refractivity contribution in [3.8, 4) is 11.1 Å². The molecule has 0 aliphatic carbocycles. The average Bonchev–Trinajstić information content (AvgIpc) is 3.04. The first-order chi connectivity index (χ1) is 22.7. The SMILES string of the molecule is CC(C)(C)c1ccc(Nc2ccc(-c3ccc4ccccc4c3)c(N(c3ccc(C(C)(C)C)cc3)c3ccc(C(C)(C)C)cc3)c2)cc1. The quantitative estimate of drug-likeness (QED) is 0.197. The third-order valence-electron chi connectivity index (χ3n) is 9.32. The molecular weight excluding hydrogens is 581 g/mol. The zero-order valence-electron chi connectivity index (χ0n) is 30.1. The van der Waals surface area contributed by atoms with Crippen LogP contribution in [-0.4, -0.2) is 0 Å². The summed E-state index contributed by atoms with van der Waals surface area (Å²) in [5.41, 5.74) is 12.1. The van der Waals surface area contributed by atoms with Crippen LogP contribution in [0, 0.1) is 0 Å². The van der Waals surface area contributed by atoms with Gasteiger partial charge in [-0.1, -0.05) is 141 Å². The molecule has 6 aromatic rings. The van der Waals surface area contributed by atoms with Gasteiger partial charge in [0.25, 0.3) is 0 Å². The summed E-state index contributed by atoms with van der Waals surface area (Å²) in [6, 6.07) is 49.2. The molecule has 0 heterocycles. The monoisotopic (exact) mass is 630 g/mol. The van der Waals surface area contributed by atoms with Crippen LogP contribution in [0.25, 0.3) is 21.9 Å². The zero-order valence-corrected chi connectivity index (χ0v) is 30.1. The van der Waals surface area contributed by atoms with E-state index in [9.17, 15) is 0 Å². The molecular formula is C46H50N2. The topological polar surface area (TPSA) is 15.3 Å². The summed E-state index contributed by atoms with van der Waals surface area (Å²) in [4.78, 5) is 2.41. The second kappa shape index (κ2) is 12.7. The van der Waals surface area contributed by atoms with Gasteiger partial charge in [0, 0.05) is 28.3 Å². The fourth-order valence-corrected chi connectivity index (χ4v) is 6.26. The van der Waals surface area contributed by atoms with Crippen molar-refractivity contribution in [2.45, 2.75) is 78.6 Å². The molecule has 0 amide bonds. The van der Waals surface area contributed by atoms with E-state index in [1.54, 1.807) is 0 Å². The van der Waals surface area contributed by atoms with E-state index in [1.165, 1.54) is 38.6 Å². The highest BCUT2D eigenvalue weighted by Crippen LogP contribution is 2.44. The van der Waals surface area contributed by atoms with Gasteiger partial charge in [-0.3, -0.25) is 0 Å². The number of anilines is 5. The first kappa shape index (κ1) is 33.1. The molecule has 0 aromatic heterocycles.